The maximum atomic E-state index is 13.1. The van der Waals surface area contributed by atoms with E-state index in [0.717, 1.165) is 18.9 Å². The maximum Gasteiger partial charge on any atom is 0.416 e. The maximum absolute atomic E-state index is 13.1. The first kappa shape index (κ1) is 17.7. The van der Waals surface area contributed by atoms with Gasteiger partial charge < -0.3 is 14.6 Å². The van der Waals surface area contributed by atoms with Crippen LogP contribution in [-0.2, 0) is 22.3 Å². The molecule has 0 amide bonds. The van der Waals surface area contributed by atoms with E-state index in [4.69, 9.17) is 9.47 Å². The highest BCUT2D eigenvalue weighted by Gasteiger charge is 2.66. The minimum Gasteiger partial charge on any atom is -0.387 e. The van der Waals surface area contributed by atoms with E-state index in [0.29, 0.717) is 0 Å². The SMILES string of the molecule is CC(C)[C@]12CC[C@](C)(O1)[C@H](OCc1ccccc1C(F)(F)F)[C@H]2O. The Morgan fingerprint density at radius 3 is 2.54 bits per heavy atom. The molecule has 2 saturated heterocycles. The van der Waals surface area contributed by atoms with Gasteiger partial charge in [-0.2, -0.15) is 13.2 Å². The van der Waals surface area contributed by atoms with Crippen LogP contribution in [0.5, 0.6) is 0 Å². The van der Waals surface area contributed by atoms with Gasteiger partial charge in [0.1, 0.15) is 12.2 Å². The number of rotatable bonds is 4. The van der Waals surface area contributed by atoms with Gasteiger partial charge in [-0.1, -0.05) is 32.0 Å². The van der Waals surface area contributed by atoms with Gasteiger partial charge in [0.2, 0.25) is 0 Å². The van der Waals surface area contributed by atoms with Crippen LogP contribution < -0.4 is 0 Å². The van der Waals surface area contributed by atoms with Gasteiger partial charge in [0.25, 0.3) is 0 Å². The average Bonchev–Trinajstić information content (AvgIpc) is 2.96. The lowest BCUT2D eigenvalue weighted by Crippen LogP contribution is -2.51. The molecule has 0 unspecified atom stereocenters. The van der Waals surface area contributed by atoms with Crippen molar-refractivity contribution in [1.29, 1.82) is 0 Å². The van der Waals surface area contributed by atoms with Gasteiger partial charge in [-0.15, -0.1) is 0 Å². The van der Waals surface area contributed by atoms with Crippen LogP contribution in [0.2, 0.25) is 0 Å². The van der Waals surface area contributed by atoms with Crippen LogP contribution in [0, 0.1) is 5.92 Å². The van der Waals surface area contributed by atoms with Crippen LogP contribution in [0.25, 0.3) is 0 Å². The summed E-state index contributed by atoms with van der Waals surface area (Å²) in [5, 5.41) is 10.7. The summed E-state index contributed by atoms with van der Waals surface area (Å²) in [6.07, 6.45) is -4.42. The van der Waals surface area contributed by atoms with Crippen LogP contribution >= 0.6 is 0 Å². The lowest BCUT2D eigenvalue weighted by Gasteiger charge is -2.36. The van der Waals surface area contributed by atoms with E-state index in [1.54, 1.807) is 6.07 Å². The molecule has 0 saturated carbocycles. The molecule has 134 valence electrons. The van der Waals surface area contributed by atoms with E-state index >= 15 is 0 Å². The number of fused-ring (bicyclic) bond motifs is 2. The molecular weight excluding hydrogens is 321 g/mol. The molecule has 2 aliphatic rings. The second-order valence-electron chi connectivity index (χ2n) is 7.36. The van der Waals surface area contributed by atoms with Gasteiger partial charge >= 0.3 is 6.18 Å². The highest BCUT2D eigenvalue weighted by atomic mass is 19.4. The van der Waals surface area contributed by atoms with Crippen molar-refractivity contribution in [3.8, 4) is 0 Å². The van der Waals surface area contributed by atoms with Crippen LogP contribution in [0.1, 0.15) is 44.7 Å². The summed E-state index contributed by atoms with van der Waals surface area (Å²) >= 11 is 0. The Bertz CT molecular complexity index is 616. The standard InChI is InChI=1S/C18H23F3O3/c1-11(2)17-9-8-16(3,24-17)15(14(17)22)23-10-12-6-4-5-7-13(12)18(19,20)21/h4-7,11,14-15,22H,8-10H2,1-3H3/t14-,15-,16+,17+/m1/s1. The highest BCUT2D eigenvalue weighted by Crippen LogP contribution is 2.55. The number of hydrogen-bond acceptors (Lipinski definition) is 3. The molecule has 1 N–H and O–H groups in total. The zero-order valence-corrected chi connectivity index (χ0v) is 14.1. The molecule has 1 aromatic rings. The molecule has 0 aromatic heterocycles. The summed E-state index contributed by atoms with van der Waals surface area (Å²) < 4.78 is 51.2. The fraction of sp³-hybridized carbons (Fsp3) is 0.667. The minimum absolute atomic E-state index is 0.0715. The quantitative estimate of drug-likeness (QED) is 0.899. The second-order valence-corrected chi connectivity index (χ2v) is 7.36. The zero-order valence-electron chi connectivity index (χ0n) is 14.1. The van der Waals surface area contributed by atoms with E-state index < -0.39 is 35.1 Å². The molecule has 0 aliphatic carbocycles. The van der Waals surface area contributed by atoms with Crippen molar-refractivity contribution in [3.63, 3.8) is 0 Å². The Kier molecular flexibility index (Phi) is 4.21. The third-order valence-electron chi connectivity index (χ3n) is 5.54. The fourth-order valence-corrected chi connectivity index (χ4v) is 4.10. The summed E-state index contributed by atoms with van der Waals surface area (Å²) in [6.45, 7) is 5.63. The third-order valence-corrected chi connectivity index (χ3v) is 5.54. The van der Waals surface area contributed by atoms with Crippen LogP contribution in [0.4, 0.5) is 13.2 Å². The number of benzene rings is 1. The Morgan fingerprint density at radius 2 is 1.96 bits per heavy atom. The van der Waals surface area contributed by atoms with Crippen molar-refractivity contribution in [3.05, 3.63) is 35.4 Å². The molecule has 2 heterocycles. The number of halogens is 3. The van der Waals surface area contributed by atoms with Crippen molar-refractivity contribution in [1.82, 2.24) is 0 Å². The van der Waals surface area contributed by atoms with Crippen molar-refractivity contribution in [2.75, 3.05) is 0 Å². The lowest BCUT2D eigenvalue weighted by atomic mass is 9.73. The monoisotopic (exact) mass is 344 g/mol. The van der Waals surface area contributed by atoms with Gasteiger partial charge in [-0.3, -0.25) is 0 Å². The Morgan fingerprint density at radius 1 is 1.29 bits per heavy atom. The van der Waals surface area contributed by atoms with Crippen molar-refractivity contribution < 1.29 is 27.8 Å². The first-order valence-corrected chi connectivity index (χ1v) is 8.25. The van der Waals surface area contributed by atoms with Gasteiger partial charge in [0.15, 0.2) is 0 Å². The van der Waals surface area contributed by atoms with E-state index in [1.165, 1.54) is 12.1 Å². The Balaban J connectivity index is 1.79. The van der Waals surface area contributed by atoms with Gasteiger partial charge in [-0.05, 0) is 37.3 Å². The summed E-state index contributed by atoms with van der Waals surface area (Å²) in [5.74, 6) is 0.102. The fourth-order valence-electron chi connectivity index (χ4n) is 4.10. The third kappa shape index (κ3) is 2.65. The van der Waals surface area contributed by atoms with E-state index in [-0.39, 0.29) is 18.1 Å². The van der Waals surface area contributed by atoms with Crippen molar-refractivity contribution >= 4 is 0 Å². The van der Waals surface area contributed by atoms with E-state index in [1.807, 2.05) is 20.8 Å². The molecule has 1 aromatic carbocycles. The number of ether oxygens (including phenoxy) is 2. The predicted octanol–water partition coefficient (Wildman–Crippen LogP) is 3.93. The van der Waals surface area contributed by atoms with Crippen molar-refractivity contribution in [2.24, 2.45) is 5.92 Å². The molecule has 0 spiro atoms. The summed E-state index contributed by atoms with van der Waals surface area (Å²) in [7, 11) is 0. The first-order chi connectivity index (χ1) is 11.1. The molecule has 2 aliphatic heterocycles. The van der Waals surface area contributed by atoms with Crippen LogP contribution in [0.15, 0.2) is 24.3 Å². The molecule has 3 rings (SSSR count). The summed E-state index contributed by atoms with van der Waals surface area (Å²) in [4.78, 5) is 0. The molecule has 4 atom stereocenters. The van der Waals surface area contributed by atoms with E-state index in [2.05, 4.69) is 0 Å². The van der Waals surface area contributed by atoms with Crippen LogP contribution in [-0.4, -0.2) is 28.5 Å². The highest BCUT2D eigenvalue weighted by molar-refractivity contribution is 5.29. The summed E-state index contributed by atoms with van der Waals surface area (Å²) in [5.41, 5.74) is -1.95. The normalized spacial score (nSPS) is 35.8. The molecule has 24 heavy (non-hydrogen) atoms. The summed E-state index contributed by atoms with van der Waals surface area (Å²) in [6, 6.07) is 5.36. The molecule has 2 bridgehead atoms. The topological polar surface area (TPSA) is 38.7 Å². The predicted molar refractivity (Wildman–Crippen MR) is 82.3 cm³/mol. The lowest BCUT2D eigenvalue weighted by molar-refractivity contribution is -0.140. The number of aliphatic hydroxyl groups is 1. The largest absolute Gasteiger partial charge is 0.416 e. The molecule has 0 radical (unpaired) electrons. The van der Waals surface area contributed by atoms with Gasteiger partial charge in [0, 0.05) is 0 Å². The average molecular weight is 344 g/mol. The van der Waals surface area contributed by atoms with Gasteiger partial charge in [-0.25, -0.2) is 0 Å². The number of aliphatic hydroxyl groups excluding tert-OH is 1. The molecular formula is C18H23F3O3. The van der Waals surface area contributed by atoms with Crippen molar-refractivity contribution in [2.45, 2.75) is 69.8 Å². The zero-order chi connectivity index (χ0) is 17.8. The number of alkyl halides is 3. The Hall–Kier alpha value is -1.11. The van der Waals surface area contributed by atoms with E-state index in [9.17, 15) is 18.3 Å². The van der Waals surface area contributed by atoms with Gasteiger partial charge in [0.05, 0.1) is 23.4 Å². The Labute approximate surface area is 139 Å². The molecule has 3 nitrogen and oxygen atoms in total. The molecule has 6 heteroatoms. The smallest absolute Gasteiger partial charge is 0.387 e. The molecule has 2 fully saturated rings. The second kappa shape index (κ2) is 5.71. The number of hydrogen-bond donors (Lipinski definition) is 1. The van der Waals surface area contributed by atoms with Crippen LogP contribution in [0.3, 0.4) is 0 Å². The minimum atomic E-state index is -4.42. The first-order valence-electron chi connectivity index (χ1n) is 8.25.